The van der Waals surface area contributed by atoms with Gasteiger partial charge in [0.15, 0.2) is 6.61 Å². The number of amides is 1. The zero-order valence-electron chi connectivity index (χ0n) is 15.7. The molecule has 1 N–H and O–H groups in total. The Bertz CT molecular complexity index is 1120. The Morgan fingerprint density at radius 3 is 2.57 bits per heavy atom. The van der Waals surface area contributed by atoms with Crippen molar-refractivity contribution >= 4 is 34.4 Å². The molecule has 0 aliphatic rings. The van der Waals surface area contributed by atoms with Crippen molar-refractivity contribution < 1.29 is 27.5 Å². The number of alkyl halides is 3. The smallest absolute Gasteiger partial charge is 0.405 e. The highest BCUT2D eigenvalue weighted by molar-refractivity contribution is 6.30. The second-order valence-electron chi connectivity index (χ2n) is 6.46. The molecular formula is C21H16ClF3N2O3. The molecule has 0 bridgehead atoms. The van der Waals surface area contributed by atoms with Gasteiger partial charge in [0.1, 0.15) is 6.54 Å². The maximum absolute atomic E-state index is 12.8. The highest BCUT2D eigenvalue weighted by atomic mass is 35.5. The van der Waals surface area contributed by atoms with E-state index in [9.17, 15) is 22.8 Å². The molecule has 0 fully saturated rings. The SMILES string of the molecule is Cc1c(-c2cccc(Cl)c2)nc2ccccc2c1C(=O)OCC(=O)NCC(F)(F)F. The average molecular weight is 437 g/mol. The average Bonchev–Trinajstić information content (AvgIpc) is 2.69. The lowest BCUT2D eigenvalue weighted by molar-refractivity contribution is -0.140. The summed E-state index contributed by atoms with van der Waals surface area (Å²) in [6.45, 7) is -0.660. The van der Waals surface area contributed by atoms with Gasteiger partial charge in [0.05, 0.1) is 16.8 Å². The number of rotatable bonds is 5. The number of ether oxygens (including phenoxy) is 1. The monoisotopic (exact) mass is 436 g/mol. The summed E-state index contributed by atoms with van der Waals surface area (Å²) in [6.07, 6.45) is -4.55. The van der Waals surface area contributed by atoms with Crippen molar-refractivity contribution in [2.24, 2.45) is 0 Å². The molecule has 0 radical (unpaired) electrons. The largest absolute Gasteiger partial charge is 0.452 e. The minimum absolute atomic E-state index is 0.180. The highest BCUT2D eigenvalue weighted by Gasteiger charge is 2.28. The van der Waals surface area contributed by atoms with E-state index in [2.05, 4.69) is 4.98 Å². The van der Waals surface area contributed by atoms with Crippen LogP contribution in [0.1, 0.15) is 15.9 Å². The molecule has 0 saturated heterocycles. The molecule has 0 atom stereocenters. The zero-order valence-corrected chi connectivity index (χ0v) is 16.5. The van der Waals surface area contributed by atoms with Gasteiger partial charge < -0.3 is 10.1 Å². The number of carbonyl (C=O) groups excluding carboxylic acids is 2. The molecular weight excluding hydrogens is 421 g/mol. The van der Waals surface area contributed by atoms with Gasteiger partial charge in [-0.2, -0.15) is 13.2 Å². The normalized spacial score (nSPS) is 11.4. The number of nitrogens with zero attached hydrogens (tertiary/aromatic N) is 1. The molecule has 3 aromatic rings. The van der Waals surface area contributed by atoms with Crippen LogP contribution in [0.5, 0.6) is 0 Å². The number of aromatic nitrogens is 1. The van der Waals surface area contributed by atoms with Crippen molar-refractivity contribution in [3.8, 4) is 11.3 Å². The van der Waals surface area contributed by atoms with Crippen LogP contribution in [-0.2, 0) is 9.53 Å². The van der Waals surface area contributed by atoms with Gasteiger partial charge in [-0.15, -0.1) is 0 Å². The van der Waals surface area contributed by atoms with E-state index in [0.29, 0.717) is 32.7 Å². The maximum atomic E-state index is 12.8. The summed E-state index contributed by atoms with van der Waals surface area (Å²) in [6, 6.07) is 13.8. The van der Waals surface area contributed by atoms with Crippen molar-refractivity contribution in [2.45, 2.75) is 13.1 Å². The first-order chi connectivity index (χ1) is 14.2. The van der Waals surface area contributed by atoms with Crippen molar-refractivity contribution in [2.75, 3.05) is 13.2 Å². The fourth-order valence-electron chi connectivity index (χ4n) is 2.94. The van der Waals surface area contributed by atoms with Crippen LogP contribution in [0.4, 0.5) is 13.2 Å². The van der Waals surface area contributed by atoms with E-state index in [4.69, 9.17) is 16.3 Å². The van der Waals surface area contributed by atoms with Crippen LogP contribution in [0.3, 0.4) is 0 Å². The molecule has 0 aliphatic heterocycles. The molecule has 0 unspecified atom stereocenters. The lowest BCUT2D eigenvalue weighted by atomic mass is 9.98. The van der Waals surface area contributed by atoms with Crippen LogP contribution in [0.25, 0.3) is 22.2 Å². The topological polar surface area (TPSA) is 68.3 Å². The van der Waals surface area contributed by atoms with Gasteiger partial charge in [-0.25, -0.2) is 9.78 Å². The van der Waals surface area contributed by atoms with Crippen molar-refractivity contribution in [1.29, 1.82) is 0 Å². The summed E-state index contributed by atoms with van der Waals surface area (Å²) < 4.78 is 41.6. The van der Waals surface area contributed by atoms with Crippen molar-refractivity contribution in [3.05, 3.63) is 64.7 Å². The van der Waals surface area contributed by atoms with Crippen LogP contribution < -0.4 is 5.32 Å². The first kappa shape index (κ1) is 21.6. The Hall–Kier alpha value is -3.13. The number of halogens is 4. The molecule has 0 aliphatic carbocycles. The maximum Gasteiger partial charge on any atom is 0.405 e. The third-order valence-electron chi connectivity index (χ3n) is 4.26. The van der Waals surface area contributed by atoms with E-state index in [-0.39, 0.29) is 5.56 Å². The molecule has 3 rings (SSSR count). The molecule has 1 aromatic heterocycles. The van der Waals surface area contributed by atoms with Crippen LogP contribution in [0, 0.1) is 6.92 Å². The number of esters is 1. The van der Waals surface area contributed by atoms with E-state index in [0.717, 1.165) is 0 Å². The van der Waals surface area contributed by atoms with E-state index in [1.165, 1.54) is 0 Å². The minimum Gasteiger partial charge on any atom is -0.452 e. The number of benzene rings is 2. The first-order valence-corrected chi connectivity index (χ1v) is 9.19. The quantitative estimate of drug-likeness (QED) is 0.589. The summed E-state index contributed by atoms with van der Waals surface area (Å²) in [7, 11) is 0. The first-order valence-electron chi connectivity index (χ1n) is 8.81. The van der Waals surface area contributed by atoms with Gasteiger partial charge in [0.25, 0.3) is 5.91 Å². The summed E-state index contributed by atoms with van der Waals surface area (Å²) in [5.74, 6) is -1.89. The number of pyridine rings is 1. The summed E-state index contributed by atoms with van der Waals surface area (Å²) in [5.41, 5.74) is 2.38. The molecule has 30 heavy (non-hydrogen) atoms. The van der Waals surface area contributed by atoms with Gasteiger partial charge in [-0.1, -0.05) is 41.9 Å². The Morgan fingerprint density at radius 2 is 1.87 bits per heavy atom. The van der Waals surface area contributed by atoms with Gasteiger partial charge >= 0.3 is 12.1 Å². The molecule has 2 aromatic carbocycles. The fraction of sp³-hybridized carbons (Fsp3) is 0.190. The minimum atomic E-state index is -4.55. The van der Waals surface area contributed by atoms with Gasteiger partial charge in [0.2, 0.25) is 0 Å². The van der Waals surface area contributed by atoms with Crippen molar-refractivity contribution in [1.82, 2.24) is 10.3 Å². The molecule has 0 saturated carbocycles. The second kappa shape index (κ2) is 8.71. The van der Waals surface area contributed by atoms with E-state index in [1.54, 1.807) is 60.8 Å². The Labute approximate surface area is 174 Å². The van der Waals surface area contributed by atoms with Crippen LogP contribution in [0.15, 0.2) is 48.5 Å². The van der Waals surface area contributed by atoms with E-state index in [1.807, 2.05) is 0 Å². The third-order valence-corrected chi connectivity index (χ3v) is 4.49. The third kappa shape index (κ3) is 5.07. The number of para-hydroxylation sites is 1. The predicted molar refractivity (Wildman–Crippen MR) is 106 cm³/mol. The standard InChI is InChI=1S/C21H16ClF3N2O3/c1-12-18(20(29)30-10-17(28)26-11-21(23,24)25)15-7-2-3-8-16(15)27-19(12)13-5-4-6-14(22)9-13/h2-9H,10-11H2,1H3,(H,26,28). The summed E-state index contributed by atoms with van der Waals surface area (Å²) in [4.78, 5) is 29.0. The van der Waals surface area contributed by atoms with Gasteiger partial charge in [-0.05, 0) is 30.7 Å². The lowest BCUT2D eigenvalue weighted by Crippen LogP contribution is -2.36. The van der Waals surface area contributed by atoms with E-state index >= 15 is 0 Å². The second-order valence-corrected chi connectivity index (χ2v) is 6.89. The summed E-state index contributed by atoms with van der Waals surface area (Å²) in [5, 5.41) is 2.65. The molecule has 0 spiro atoms. The summed E-state index contributed by atoms with van der Waals surface area (Å²) >= 11 is 6.07. The Balaban J connectivity index is 1.93. The highest BCUT2D eigenvalue weighted by Crippen LogP contribution is 2.31. The zero-order chi connectivity index (χ0) is 21.9. The van der Waals surface area contributed by atoms with E-state index < -0.39 is 31.2 Å². The molecule has 156 valence electrons. The van der Waals surface area contributed by atoms with Gasteiger partial charge in [-0.3, -0.25) is 4.79 Å². The number of nitrogens with one attached hydrogen (secondary N) is 1. The number of carbonyl (C=O) groups is 2. The molecule has 9 heteroatoms. The number of hydrogen-bond donors (Lipinski definition) is 1. The predicted octanol–water partition coefficient (Wildman–Crippen LogP) is 4.70. The number of hydrogen-bond acceptors (Lipinski definition) is 4. The lowest BCUT2D eigenvalue weighted by Gasteiger charge is -2.14. The van der Waals surface area contributed by atoms with Crippen molar-refractivity contribution in [3.63, 3.8) is 0 Å². The molecule has 1 heterocycles. The van der Waals surface area contributed by atoms with Crippen LogP contribution in [-0.4, -0.2) is 36.2 Å². The van der Waals surface area contributed by atoms with Gasteiger partial charge in [0, 0.05) is 16.0 Å². The molecule has 5 nitrogen and oxygen atoms in total. The molecule has 1 amide bonds. The number of fused-ring (bicyclic) bond motifs is 1. The van der Waals surface area contributed by atoms with Crippen LogP contribution in [0.2, 0.25) is 5.02 Å². The Kier molecular flexibility index (Phi) is 6.26. The fourth-order valence-corrected chi connectivity index (χ4v) is 3.13. The van der Waals surface area contributed by atoms with Crippen LogP contribution >= 0.6 is 11.6 Å². The Morgan fingerprint density at radius 1 is 1.13 bits per heavy atom.